The highest BCUT2D eigenvalue weighted by atomic mass is 35.5. The van der Waals surface area contributed by atoms with Crippen LogP contribution in [0.5, 0.6) is 0 Å². The molecule has 1 nitrogen and oxygen atoms in total. The third-order valence-corrected chi connectivity index (χ3v) is 3.92. The number of benzene rings is 2. The molecule has 0 aromatic heterocycles. The Morgan fingerprint density at radius 2 is 1.72 bits per heavy atom. The van der Waals surface area contributed by atoms with Crippen molar-refractivity contribution in [3.05, 3.63) is 69.7 Å². The Bertz CT molecular complexity index is 577. The van der Waals surface area contributed by atoms with Gasteiger partial charge in [-0.2, -0.15) is 0 Å². The number of hydrogen-bond acceptors (Lipinski definition) is 1. The molecule has 0 fully saturated rings. The number of nitrogens with two attached hydrogens (primary N) is 1. The maximum atomic E-state index is 6.32. The lowest BCUT2D eigenvalue weighted by molar-refractivity contribution is 0.867. The number of hydrogen-bond donors (Lipinski definition) is 1. The van der Waals surface area contributed by atoms with Gasteiger partial charge in [0.25, 0.3) is 0 Å². The summed E-state index contributed by atoms with van der Waals surface area (Å²) >= 11 is 6.01. The summed E-state index contributed by atoms with van der Waals surface area (Å²) in [6.45, 7) is 0. The summed E-state index contributed by atoms with van der Waals surface area (Å²) in [4.78, 5) is 0. The minimum Gasteiger partial charge on any atom is -0.320 e. The lowest BCUT2D eigenvalue weighted by atomic mass is 9.96. The molecule has 0 aliphatic heterocycles. The molecule has 1 atom stereocenters. The Balaban J connectivity index is 1.95. The maximum Gasteiger partial charge on any atom is 0.0552 e. The van der Waals surface area contributed by atoms with Gasteiger partial charge in [-0.05, 0) is 53.6 Å². The van der Waals surface area contributed by atoms with Crippen LogP contribution in [0, 0.1) is 0 Å². The molecule has 0 heterocycles. The van der Waals surface area contributed by atoms with Gasteiger partial charge in [0.2, 0.25) is 0 Å². The Morgan fingerprint density at radius 3 is 2.56 bits per heavy atom. The first-order valence-corrected chi connectivity index (χ1v) is 6.74. The molecule has 0 radical (unpaired) electrons. The Hall–Kier alpha value is -1.31. The van der Waals surface area contributed by atoms with Crippen molar-refractivity contribution in [2.24, 2.45) is 5.73 Å². The molecule has 2 aromatic carbocycles. The third-order valence-electron chi connectivity index (χ3n) is 3.69. The fourth-order valence-corrected chi connectivity index (χ4v) is 2.88. The predicted molar refractivity (Wildman–Crippen MR) is 75.9 cm³/mol. The molecule has 3 rings (SSSR count). The van der Waals surface area contributed by atoms with Crippen molar-refractivity contribution in [1.29, 1.82) is 0 Å². The molecule has 92 valence electrons. The van der Waals surface area contributed by atoms with Crippen LogP contribution in [0.15, 0.2) is 42.5 Å². The highest BCUT2D eigenvalue weighted by Crippen LogP contribution is 2.28. The molecule has 0 spiro atoms. The third kappa shape index (κ3) is 2.16. The van der Waals surface area contributed by atoms with E-state index in [9.17, 15) is 0 Å². The zero-order chi connectivity index (χ0) is 12.5. The number of aryl methyl sites for hydroxylation is 2. The molecular weight excluding hydrogens is 242 g/mol. The van der Waals surface area contributed by atoms with Crippen LogP contribution < -0.4 is 5.73 Å². The minimum absolute atomic E-state index is 0.0883. The Morgan fingerprint density at radius 1 is 0.944 bits per heavy atom. The fourth-order valence-electron chi connectivity index (χ4n) is 2.68. The highest BCUT2D eigenvalue weighted by molar-refractivity contribution is 6.30. The summed E-state index contributed by atoms with van der Waals surface area (Å²) < 4.78 is 0. The van der Waals surface area contributed by atoms with Gasteiger partial charge in [0, 0.05) is 5.02 Å². The smallest absolute Gasteiger partial charge is 0.0552 e. The van der Waals surface area contributed by atoms with E-state index in [4.69, 9.17) is 17.3 Å². The molecule has 1 aliphatic carbocycles. The van der Waals surface area contributed by atoms with Gasteiger partial charge in [0.1, 0.15) is 0 Å². The van der Waals surface area contributed by atoms with Gasteiger partial charge in [-0.3, -0.25) is 0 Å². The molecule has 2 heteroatoms. The minimum atomic E-state index is -0.0883. The lowest BCUT2D eigenvalue weighted by Crippen LogP contribution is -2.12. The van der Waals surface area contributed by atoms with E-state index in [1.807, 2.05) is 24.3 Å². The second kappa shape index (κ2) is 4.75. The van der Waals surface area contributed by atoms with Crippen molar-refractivity contribution >= 4 is 11.6 Å². The summed E-state index contributed by atoms with van der Waals surface area (Å²) in [5, 5.41) is 0.740. The van der Waals surface area contributed by atoms with E-state index in [-0.39, 0.29) is 6.04 Å². The predicted octanol–water partition coefficient (Wildman–Crippen LogP) is 3.88. The van der Waals surface area contributed by atoms with Crippen LogP contribution in [0.1, 0.15) is 34.7 Å². The van der Waals surface area contributed by atoms with E-state index in [0.29, 0.717) is 0 Å². The van der Waals surface area contributed by atoms with E-state index in [0.717, 1.165) is 10.6 Å². The summed E-state index contributed by atoms with van der Waals surface area (Å²) in [5.74, 6) is 0. The van der Waals surface area contributed by atoms with Gasteiger partial charge >= 0.3 is 0 Å². The molecule has 2 aromatic rings. The van der Waals surface area contributed by atoms with Gasteiger partial charge in [0.15, 0.2) is 0 Å². The maximum absolute atomic E-state index is 6.32. The molecule has 1 unspecified atom stereocenters. The summed E-state index contributed by atoms with van der Waals surface area (Å²) in [5.41, 5.74) is 11.5. The summed E-state index contributed by atoms with van der Waals surface area (Å²) in [6, 6.07) is 14.3. The first-order chi connectivity index (χ1) is 8.74. The number of rotatable bonds is 2. The average molecular weight is 258 g/mol. The number of fused-ring (bicyclic) bond motifs is 1. The van der Waals surface area contributed by atoms with Crippen molar-refractivity contribution in [3.63, 3.8) is 0 Å². The van der Waals surface area contributed by atoms with E-state index >= 15 is 0 Å². The van der Waals surface area contributed by atoms with Crippen LogP contribution in [-0.4, -0.2) is 0 Å². The first kappa shape index (κ1) is 11.8. The molecule has 0 amide bonds. The van der Waals surface area contributed by atoms with Crippen LogP contribution >= 0.6 is 11.6 Å². The molecular formula is C16H16ClN. The van der Waals surface area contributed by atoms with Crippen molar-refractivity contribution in [3.8, 4) is 0 Å². The van der Waals surface area contributed by atoms with Crippen molar-refractivity contribution < 1.29 is 0 Å². The normalized spacial score (nSPS) is 15.4. The fraction of sp³-hybridized carbons (Fsp3) is 0.250. The Kier molecular flexibility index (Phi) is 3.11. The van der Waals surface area contributed by atoms with Crippen molar-refractivity contribution in [2.45, 2.75) is 25.3 Å². The van der Waals surface area contributed by atoms with Gasteiger partial charge in [-0.25, -0.2) is 0 Å². The van der Waals surface area contributed by atoms with E-state index < -0.39 is 0 Å². The molecule has 1 aliphatic rings. The highest BCUT2D eigenvalue weighted by Gasteiger charge is 2.14. The van der Waals surface area contributed by atoms with Crippen LogP contribution in [-0.2, 0) is 12.8 Å². The molecule has 0 saturated heterocycles. The van der Waals surface area contributed by atoms with E-state index in [1.54, 1.807) is 0 Å². The van der Waals surface area contributed by atoms with E-state index in [1.165, 1.54) is 36.0 Å². The molecule has 0 bridgehead atoms. The first-order valence-electron chi connectivity index (χ1n) is 6.37. The van der Waals surface area contributed by atoms with Crippen LogP contribution in [0.25, 0.3) is 0 Å². The largest absolute Gasteiger partial charge is 0.320 e. The SMILES string of the molecule is NC(c1cccc(Cl)c1)c1ccc2c(c1)CCC2. The summed E-state index contributed by atoms with van der Waals surface area (Å²) in [7, 11) is 0. The zero-order valence-corrected chi connectivity index (χ0v) is 11.0. The summed E-state index contributed by atoms with van der Waals surface area (Å²) in [6.07, 6.45) is 3.67. The average Bonchev–Trinajstić information content (AvgIpc) is 2.85. The molecule has 0 saturated carbocycles. The second-order valence-electron chi connectivity index (χ2n) is 4.91. The lowest BCUT2D eigenvalue weighted by Gasteiger charge is -2.14. The van der Waals surface area contributed by atoms with Gasteiger partial charge < -0.3 is 5.73 Å². The molecule has 18 heavy (non-hydrogen) atoms. The quantitative estimate of drug-likeness (QED) is 0.868. The second-order valence-corrected chi connectivity index (χ2v) is 5.35. The van der Waals surface area contributed by atoms with Crippen molar-refractivity contribution in [1.82, 2.24) is 0 Å². The molecule has 2 N–H and O–H groups in total. The standard InChI is InChI=1S/C16H16ClN/c17-15-6-2-5-13(10-15)16(18)14-8-7-11-3-1-4-12(11)9-14/h2,5-10,16H,1,3-4,18H2. The monoisotopic (exact) mass is 257 g/mol. The van der Waals surface area contributed by atoms with Gasteiger partial charge in [0.05, 0.1) is 6.04 Å². The zero-order valence-electron chi connectivity index (χ0n) is 10.2. The van der Waals surface area contributed by atoms with Crippen LogP contribution in [0.3, 0.4) is 0 Å². The Labute approximate surface area is 113 Å². The topological polar surface area (TPSA) is 26.0 Å². The van der Waals surface area contributed by atoms with Crippen LogP contribution in [0.4, 0.5) is 0 Å². The van der Waals surface area contributed by atoms with E-state index in [2.05, 4.69) is 18.2 Å². The van der Waals surface area contributed by atoms with Gasteiger partial charge in [-0.15, -0.1) is 0 Å². The number of halogens is 1. The van der Waals surface area contributed by atoms with Crippen LogP contribution in [0.2, 0.25) is 5.02 Å². The van der Waals surface area contributed by atoms with Gasteiger partial charge in [-0.1, -0.05) is 41.9 Å². The van der Waals surface area contributed by atoms with Crippen molar-refractivity contribution in [2.75, 3.05) is 0 Å².